The number of rotatable bonds is 6. The van der Waals surface area contributed by atoms with E-state index in [1.807, 2.05) is 30.3 Å². The maximum absolute atomic E-state index is 13.7. The Morgan fingerprint density at radius 2 is 1.94 bits per heavy atom. The summed E-state index contributed by atoms with van der Waals surface area (Å²) in [7, 11) is 3.11. The molecular weight excluding hydrogens is 488 g/mol. The Labute approximate surface area is 211 Å². The molecule has 0 unspecified atom stereocenters. The summed E-state index contributed by atoms with van der Waals surface area (Å²) >= 11 is 7.52. The first-order valence-corrected chi connectivity index (χ1v) is 12.1. The highest BCUT2D eigenvalue weighted by molar-refractivity contribution is 7.07. The average molecular weight is 513 g/mol. The number of thiazole rings is 1. The maximum Gasteiger partial charge on any atom is 0.338 e. The van der Waals surface area contributed by atoms with Crippen molar-refractivity contribution in [1.82, 2.24) is 4.57 Å². The van der Waals surface area contributed by atoms with Gasteiger partial charge in [0.1, 0.15) is 11.5 Å². The van der Waals surface area contributed by atoms with Crippen LogP contribution in [0.4, 0.5) is 0 Å². The van der Waals surface area contributed by atoms with Gasteiger partial charge in [0.25, 0.3) is 5.56 Å². The summed E-state index contributed by atoms with van der Waals surface area (Å²) in [5.74, 6) is 0.654. The van der Waals surface area contributed by atoms with E-state index in [4.69, 9.17) is 25.8 Å². The number of nitrogens with zero attached hydrogens (tertiary/aromatic N) is 2. The number of hydrogen-bond acceptors (Lipinski definition) is 7. The molecule has 0 amide bonds. The molecule has 0 fully saturated rings. The highest BCUT2D eigenvalue weighted by atomic mass is 35.5. The molecule has 0 saturated heterocycles. The van der Waals surface area contributed by atoms with Gasteiger partial charge in [0.2, 0.25) is 0 Å². The number of halogens is 1. The number of carbonyl (C=O) groups is 1. The Balaban J connectivity index is 1.93. The van der Waals surface area contributed by atoms with Gasteiger partial charge in [-0.05, 0) is 62.2 Å². The number of methoxy groups -OCH3 is 2. The smallest absolute Gasteiger partial charge is 0.338 e. The summed E-state index contributed by atoms with van der Waals surface area (Å²) in [6, 6.07) is 11.9. The fourth-order valence-electron chi connectivity index (χ4n) is 3.91. The molecule has 0 N–H and O–H groups in total. The van der Waals surface area contributed by atoms with Crippen LogP contribution in [0.2, 0.25) is 5.02 Å². The van der Waals surface area contributed by atoms with Gasteiger partial charge in [0.15, 0.2) is 4.80 Å². The summed E-state index contributed by atoms with van der Waals surface area (Å²) < 4.78 is 18.1. The van der Waals surface area contributed by atoms with E-state index in [-0.39, 0.29) is 11.7 Å². The Morgan fingerprint density at radius 1 is 1.17 bits per heavy atom. The zero-order valence-electron chi connectivity index (χ0n) is 20.0. The molecule has 3 aromatic rings. The van der Waals surface area contributed by atoms with Crippen LogP contribution in [0.1, 0.15) is 37.9 Å². The van der Waals surface area contributed by atoms with E-state index in [1.165, 1.54) is 11.3 Å². The standard InChI is InChI=1S/C26H25ClN2O5S/c1-14(2)34-25(31)22-15(3)28-26-29(23(22)17-7-6-8-18(13-17)32-4)24(30)21(35-26)12-16-9-10-20(33-5)19(27)11-16/h6-14,23H,1-5H3/b21-12-/t23-/m1/s1. The van der Waals surface area contributed by atoms with Gasteiger partial charge in [-0.15, -0.1) is 0 Å². The topological polar surface area (TPSA) is 79.1 Å². The van der Waals surface area contributed by atoms with Crippen molar-refractivity contribution >= 4 is 35.0 Å². The number of ether oxygens (including phenoxy) is 3. The minimum Gasteiger partial charge on any atom is -0.497 e. The average Bonchev–Trinajstić information content (AvgIpc) is 3.12. The minimum absolute atomic E-state index is 0.268. The van der Waals surface area contributed by atoms with Gasteiger partial charge in [0.05, 0.1) is 47.2 Å². The van der Waals surface area contributed by atoms with Crippen LogP contribution in [0.25, 0.3) is 6.08 Å². The van der Waals surface area contributed by atoms with Crippen LogP contribution in [-0.4, -0.2) is 30.9 Å². The number of benzene rings is 2. The second-order valence-corrected chi connectivity index (χ2v) is 9.62. The van der Waals surface area contributed by atoms with Gasteiger partial charge >= 0.3 is 5.97 Å². The third-order valence-electron chi connectivity index (χ3n) is 5.47. The first kappa shape index (κ1) is 24.8. The molecule has 2 heterocycles. The Kier molecular flexibility index (Phi) is 7.14. The van der Waals surface area contributed by atoms with E-state index >= 15 is 0 Å². The molecule has 1 aliphatic rings. The third kappa shape index (κ3) is 4.90. The molecule has 0 spiro atoms. The van der Waals surface area contributed by atoms with Gasteiger partial charge in [-0.25, -0.2) is 9.79 Å². The molecule has 4 rings (SSSR count). The van der Waals surface area contributed by atoms with Crippen molar-refractivity contribution in [1.29, 1.82) is 0 Å². The second kappa shape index (κ2) is 10.1. The zero-order valence-corrected chi connectivity index (χ0v) is 21.6. The minimum atomic E-state index is -0.714. The molecule has 7 nitrogen and oxygen atoms in total. The molecule has 0 bridgehead atoms. The van der Waals surface area contributed by atoms with Crippen LogP contribution in [0.5, 0.6) is 11.5 Å². The van der Waals surface area contributed by atoms with Crippen LogP contribution in [-0.2, 0) is 9.53 Å². The molecule has 0 aliphatic carbocycles. The van der Waals surface area contributed by atoms with Crippen molar-refractivity contribution in [3.05, 3.63) is 89.6 Å². The van der Waals surface area contributed by atoms with E-state index in [0.29, 0.717) is 37.1 Å². The lowest BCUT2D eigenvalue weighted by atomic mass is 9.95. The van der Waals surface area contributed by atoms with E-state index in [1.54, 1.807) is 57.8 Å². The zero-order chi connectivity index (χ0) is 25.3. The summed E-state index contributed by atoms with van der Waals surface area (Å²) in [5, 5.41) is 0.442. The quantitative estimate of drug-likeness (QED) is 0.469. The lowest BCUT2D eigenvalue weighted by molar-refractivity contribution is -0.143. The van der Waals surface area contributed by atoms with Crippen LogP contribution in [0, 0.1) is 0 Å². The molecular formula is C26H25ClN2O5S. The summed E-state index contributed by atoms with van der Waals surface area (Å²) in [6.07, 6.45) is 1.43. The van der Waals surface area contributed by atoms with E-state index in [0.717, 1.165) is 11.1 Å². The lowest BCUT2D eigenvalue weighted by Gasteiger charge is -2.25. The van der Waals surface area contributed by atoms with E-state index in [9.17, 15) is 9.59 Å². The summed E-state index contributed by atoms with van der Waals surface area (Å²) in [6.45, 7) is 5.32. The van der Waals surface area contributed by atoms with Gasteiger partial charge < -0.3 is 14.2 Å². The molecule has 182 valence electrons. The van der Waals surface area contributed by atoms with E-state index < -0.39 is 12.0 Å². The molecule has 9 heteroatoms. The molecule has 0 saturated carbocycles. The predicted octanol–water partition coefficient (Wildman–Crippen LogP) is 3.86. The Morgan fingerprint density at radius 3 is 2.60 bits per heavy atom. The van der Waals surface area contributed by atoms with Crippen molar-refractivity contribution in [2.45, 2.75) is 32.9 Å². The van der Waals surface area contributed by atoms with Crippen LogP contribution >= 0.6 is 22.9 Å². The number of esters is 1. The fourth-order valence-corrected chi connectivity index (χ4v) is 5.22. The van der Waals surface area contributed by atoms with Crippen LogP contribution in [0.15, 0.2) is 63.5 Å². The molecule has 1 aliphatic heterocycles. The normalized spacial score (nSPS) is 15.6. The Hall–Kier alpha value is -3.36. The SMILES string of the molecule is COc1cccc([C@@H]2C(C(=O)OC(C)C)=C(C)N=c3s/c(=C\c4ccc(OC)c(Cl)c4)c(=O)n32)c1. The first-order chi connectivity index (χ1) is 16.7. The van der Waals surface area contributed by atoms with E-state index in [2.05, 4.69) is 4.99 Å². The van der Waals surface area contributed by atoms with Crippen molar-refractivity contribution < 1.29 is 19.0 Å². The van der Waals surface area contributed by atoms with Crippen LogP contribution in [0.3, 0.4) is 0 Å². The number of fused-ring (bicyclic) bond motifs is 1. The van der Waals surface area contributed by atoms with Crippen molar-refractivity contribution in [3.8, 4) is 11.5 Å². The molecule has 1 aromatic heterocycles. The molecule has 1 atom stereocenters. The van der Waals surface area contributed by atoms with Gasteiger partial charge in [-0.1, -0.05) is 41.1 Å². The number of allylic oxidation sites excluding steroid dienone is 1. The van der Waals surface area contributed by atoms with Gasteiger partial charge in [-0.3, -0.25) is 9.36 Å². The fraction of sp³-hybridized carbons (Fsp3) is 0.269. The van der Waals surface area contributed by atoms with Crippen LogP contribution < -0.4 is 24.4 Å². The summed E-state index contributed by atoms with van der Waals surface area (Å²) in [4.78, 5) is 31.9. The second-order valence-electron chi connectivity index (χ2n) is 8.21. The molecule has 0 radical (unpaired) electrons. The predicted molar refractivity (Wildman–Crippen MR) is 136 cm³/mol. The number of aromatic nitrogens is 1. The highest BCUT2D eigenvalue weighted by Gasteiger charge is 2.34. The number of hydrogen-bond donors (Lipinski definition) is 0. The Bertz CT molecular complexity index is 1500. The van der Waals surface area contributed by atoms with Crippen molar-refractivity contribution in [2.75, 3.05) is 14.2 Å². The first-order valence-electron chi connectivity index (χ1n) is 10.9. The van der Waals surface area contributed by atoms with Crippen molar-refractivity contribution in [3.63, 3.8) is 0 Å². The number of carbonyl (C=O) groups excluding carboxylic acids is 1. The third-order valence-corrected chi connectivity index (χ3v) is 6.75. The summed E-state index contributed by atoms with van der Waals surface area (Å²) in [5.41, 5.74) is 2.02. The van der Waals surface area contributed by atoms with Gasteiger partial charge in [-0.2, -0.15) is 0 Å². The lowest BCUT2D eigenvalue weighted by Crippen LogP contribution is -2.40. The molecule has 35 heavy (non-hydrogen) atoms. The highest BCUT2D eigenvalue weighted by Crippen LogP contribution is 2.32. The monoisotopic (exact) mass is 512 g/mol. The largest absolute Gasteiger partial charge is 0.497 e. The van der Waals surface area contributed by atoms with Gasteiger partial charge in [0, 0.05) is 0 Å². The van der Waals surface area contributed by atoms with Crippen molar-refractivity contribution in [2.24, 2.45) is 4.99 Å². The maximum atomic E-state index is 13.7. The molecule has 2 aromatic carbocycles.